The Bertz CT molecular complexity index is 762. The number of hydrogen-bond donors (Lipinski definition) is 1. The highest BCUT2D eigenvalue weighted by Gasteiger charge is 2.39. The van der Waals surface area contributed by atoms with Crippen LogP contribution < -0.4 is 0 Å². The van der Waals surface area contributed by atoms with Crippen LogP contribution in [-0.2, 0) is 0 Å². The van der Waals surface area contributed by atoms with E-state index in [2.05, 4.69) is 11.8 Å². The van der Waals surface area contributed by atoms with Gasteiger partial charge in [0.05, 0.1) is 17.7 Å². The summed E-state index contributed by atoms with van der Waals surface area (Å²) >= 11 is 1.66. The molecule has 2 aromatic rings. The first-order valence-electron chi connectivity index (χ1n) is 9.01. The third kappa shape index (κ3) is 2.92. The standard InChI is InChI=1S/C19H25N3O2S/c1-13-14(2)25-19(21-9-5-6-10-21)17(13)18(24)22-11-15(16(23)12-22)20-7-3-4-8-20/h5-6,9-10,15-16,23H,3-4,7-8,11-12H2,1-2H3/t15-,16-/m0/s1. The minimum atomic E-state index is -0.447. The molecular weight excluding hydrogens is 334 g/mol. The number of carbonyl (C=O) groups is 1. The van der Waals surface area contributed by atoms with Crippen LogP contribution in [0, 0.1) is 13.8 Å². The van der Waals surface area contributed by atoms with Crippen molar-refractivity contribution in [3.05, 3.63) is 40.5 Å². The smallest absolute Gasteiger partial charge is 0.257 e. The van der Waals surface area contributed by atoms with Gasteiger partial charge in [0.1, 0.15) is 5.00 Å². The van der Waals surface area contributed by atoms with Gasteiger partial charge in [0.15, 0.2) is 0 Å². The Morgan fingerprint density at radius 2 is 1.84 bits per heavy atom. The summed E-state index contributed by atoms with van der Waals surface area (Å²) in [6, 6.07) is 4.03. The fraction of sp³-hybridized carbons (Fsp3) is 0.526. The quantitative estimate of drug-likeness (QED) is 0.916. The first-order valence-corrected chi connectivity index (χ1v) is 9.82. The van der Waals surface area contributed by atoms with Gasteiger partial charge in [0.25, 0.3) is 5.91 Å². The van der Waals surface area contributed by atoms with Crippen molar-refractivity contribution in [2.45, 2.75) is 38.8 Å². The minimum absolute atomic E-state index is 0.0475. The Labute approximate surface area is 152 Å². The number of thiophene rings is 1. The van der Waals surface area contributed by atoms with E-state index in [1.165, 1.54) is 17.7 Å². The molecule has 6 heteroatoms. The van der Waals surface area contributed by atoms with Crippen LogP contribution in [0.5, 0.6) is 0 Å². The van der Waals surface area contributed by atoms with Crippen LogP contribution in [0.3, 0.4) is 0 Å². The summed E-state index contributed by atoms with van der Waals surface area (Å²) in [5.41, 5.74) is 1.84. The number of amides is 1. The second kappa shape index (κ2) is 6.59. The van der Waals surface area contributed by atoms with Crippen molar-refractivity contribution in [3.63, 3.8) is 0 Å². The number of rotatable bonds is 3. The Kier molecular flexibility index (Phi) is 4.43. The fourth-order valence-corrected chi connectivity index (χ4v) is 5.15. The van der Waals surface area contributed by atoms with E-state index in [1.807, 2.05) is 40.9 Å². The summed E-state index contributed by atoms with van der Waals surface area (Å²) in [7, 11) is 0. The molecule has 2 aromatic heterocycles. The highest BCUT2D eigenvalue weighted by atomic mass is 32.1. The summed E-state index contributed by atoms with van der Waals surface area (Å²) in [5.74, 6) is 0.0475. The second-order valence-corrected chi connectivity index (χ2v) is 8.34. The monoisotopic (exact) mass is 359 g/mol. The van der Waals surface area contributed by atoms with Crippen LogP contribution in [-0.4, -0.2) is 63.7 Å². The molecular formula is C19H25N3O2S. The highest BCUT2D eigenvalue weighted by Crippen LogP contribution is 2.33. The predicted molar refractivity (Wildman–Crippen MR) is 99.6 cm³/mol. The maximum absolute atomic E-state index is 13.3. The molecule has 0 aromatic carbocycles. The molecule has 4 heterocycles. The van der Waals surface area contributed by atoms with E-state index >= 15 is 0 Å². The number of hydrogen-bond acceptors (Lipinski definition) is 4. The lowest BCUT2D eigenvalue weighted by atomic mass is 10.1. The summed E-state index contributed by atoms with van der Waals surface area (Å²) in [4.78, 5) is 18.6. The first-order chi connectivity index (χ1) is 12.1. The fourth-order valence-electron chi connectivity index (χ4n) is 4.04. The number of aliphatic hydroxyl groups excluding tert-OH is 1. The zero-order valence-corrected chi connectivity index (χ0v) is 15.6. The normalized spacial score (nSPS) is 24.4. The Balaban J connectivity index is 1.61. The molecule has 0 aliphatic carbocycles. The molecule has 0 bridgehead atoms. The van der Waals surface area contributed by atoms with Gasteiger partial charge >= 0.3 is 0 Å². The Morgan fingerprint density at radius 3 is 2.52 bits per heavy atom. The molecule has 2 saturated heterocycles. The Hall–Kier alpha value is -1.63. The summed E-state index contributed by atoms with van der Waals surface area (Å²) in [6.07, 6.45) is 5.90. The number of aromatic nitrogens is 1. The van der Waals surface area contributed by atoms with Crippen LogP contribution in [0.25, 0.3) is 5.00 Å². The number of aryl methyl sites for hydroxylation is 1. The third-order valence-corrected chi connectivity index (χ3v) is 6.80. The molecule has 0 spiro atoms. The summed E-state index contributed by atoms with van der Waals surface area (Å²) in [6.45, 7) is 7.22. The number of likely N-dealkylation sites (tertiary alicyclic amines) is 2. The van der Waals surface area contributed by atoms with Crippen molar-refractivity contribution < 1.29 is 9.90 Å². The topological polar surface area (TPSA) is 48.7 Å². The maximum Gasteiger partial charge on any atom is 0.257 e. The average Bonchev–Trinajstić information content (AvgIpc) is 3.35. The van der Waals surface area contributed by atoms with Gasteiger partial charge in [-0.25, -0.2) is 0 Å². The van der Waals surface area contributed by atoms with Crippen molar-refractivity contribution in [1.82, 2.24) is 14.4 Å². The van der Waals surface area contributed by atoms with Gasteiger partial charge in [-0.3, -0.25) is 9.69 Å². The zero-order chi connectivity index (χ0) is 17.6. The summed E-state index contributed by atoms with van der Waals surface area (Å²) in [5, 5.41) is 11.5. The SMILES string of the molecule is Cc1sc(-n2cccc2)c(C(=O)N2C[C@H](O)[C@@H](N3CCCC3)C2)c1C. The third-order valence-electron chi connectivity index (χ3n) is 5.58. The van der Waals surface area contributed by atoms with Gasteiger partial charge in [-0.15, -0.1) is 11.3 Å². The predicted octanol–water partition coefficient (Wildman–Crippen LogP) is 2.44. The van der Waals surface area contributed by atoms with E-state index in [0.29, 0.717) is 13.1 Å². The van der Waals surface area contributed by atoms with Gasteiger partial charge in [-0.2, -0.15) is 0 Å². The van der Waals surface area contributed by atoms with Gasteiger partial charge in [0.2, 0.25) is 0 Å². The van der Waals surface area contributed by atoms with E-state index in [-0.39, 0.29) is 11.9 Å². The van der Waals surface area contributed by atoms with Crippen LogP contribution >= 0.6 is 11.3 Å². The molecule has 2 fully saturated rings. The molecule has 0 unspecified atom stereocenters. The van der Waals surface area contributed by atoms with Crippen LogP contribution in [0.4, 0.5) is 0 Å². The lowest BCUT2D eigenvalue weighted by molar-refractivity contribution is 0.0763. The Morgan fingerprint density at radius 1 is 1.16 bits per heavy atom. The molecule has 5 nitrogen and oxygen atoms in total. The maximum atomic E-state index is 13.3. The van der Waals surface area contributed by atoms with Crippen molar-refractivity contribution in [2.24, 2.45) is 0 Å². The zero-order valence-electron chi connectivity index (χ0n) is 14.8. The van der Waals surface area contributed by atoms with Gasteiger partial charge < -0.3 is 14.6 Å². The molecule has 2 atom stereocenters. The van der Waals surface area contributed by atoms with Gasteiger partial charge in [-0.1, -0.05) is 0 Å². The number of nitrogens with zero attached hydrogens (tertiary/aromatic N) is 3. The van der Waals surface area contributed by atoms with Crippen LogP contribution in [0.1, 0.15) is 33.6 Å². The highest BCUT2D eigenvalue weighted by molar-refractivity contribution is 7.15. The number of carbonyl (C=O) groups excluding carboxylic acids is 1. The molecule has 0 saturated carbocycles. The summed E-state index contributed by atoms with van der Waals surface area (Å²) < 4.78 is 2.02. The molecule has 1 amide bonds. The van der Waals surface area contributed by atoms with Crippen molar-refractivity contribution in [3.8, 4) is 5.00 Å². The van der Waals surface area contributed by atoms with E-state index in [0.717, 1.165) is 29.2 Å². The number of β-amino-alcohol motifs (C(OH)–C–C–N with tert-alkyl or cyclic N) is 1. The van der Waals surface area contributed by atoms with Gasteiger partial charge in [-0.05, 0) is 57.5 Å². The molecule has 2 aliphatic heterocycles. The van der Waals surface area contributed by atoms with Crippen LogP contribution in [0.2, 0.25) is 0 Å². The van der Waals surface area contributed by atoms with E-state index in [4.69, 9.17) is 0 Å². The molecule has 2 aliphatic rings. The van der Waals surface area contributed by atoms with Gasteiger partial charge in [0, 0.05) is 30.4 Å². The van der Waals surface area contributed by atoms with E-state index < -0.39 is 6.10 Å². The van der Waals surface area contributed by atoms with E-state index in [1.54, 1.807) is 11.3 Å². The van der Waals surface area contributed by atoms with E-state index in [9.17, 15) is 9.90 Å². The number of aliphatic hydroxyl groups is 1. The average molecular weight is 359 g/mol. The largest absolute Gasteiger partial charge is 0.390 e. The molecule has 1 N–H and O–H groups in total. The molecule has 4 rings (SSSR count). The molecule has 134 valence electrons. The molecule has 0 radical (unpaired) electrons. The molecule has 25 heavy (non-hydrogen) atoms. The lowest BCUT2D eigenvalue weighted by Crippen LogP contribution is -2.41. The van der Waals surface area contributed by atoms with Crippen LogP contribution in [0.15, 0.2) is 24.5 Å². The van der Waals surface area contributed by atoms with Crippen molar-refractivity contribution in [1.29, 1.82) is 0 Å². The first kappa shape index (κ1) is 16.8. The minimum Gasteiger partial charge on any atom is -0.390 e. The lowest BCUT2D eigenvalue weighted by Gasteiger charge is -2.25. The second-order valence-electron chi connectivity index (χ2n) is 7.14. The van der Waals surface area contributed by atoms with Crippen molar-refractivity contribution in [2.75, 3.05) is 26.2 Å². The van der Waals surface area contributed by atoms with Crippen molar-refractivity contribution >= 4 is 17.2 Å².